The lowest BCUT2D eigenvalue weighted by Gasteiger charge is -2.38. The third-order valence-electron chi connectivity index (χ3n) is 3.89. The number of benzene rings is 1. The Morgan fingerprint density at radius 3 is 2.76 bits per heavy atom. The number of alkyl halides is 1. The van der Waals surface area contributed by atoms with Crippen molar-refractivity contribution in [1.29, 1.82) is 0 Å². The lowest BCUT2D eigenvalue weighted by Crippen LogP contribution is -2.49. The molecule has 21 heavy (non-hydrogen) atoms. The van der Waals surface area contributed by atoms with E-state index in [1.54, 1.807) is 25.3 Å². The summed E-state index contributed by atoms with van der Waals surface area (Å²) in [6.45, 7) is 2.83. The minimum atomic E-state index is -3.54. The second kappa shape index (κ2) is 6.54. The van der Waals surface area contributed by atoms with Crippen LogP contribution in [0.15, 0.2) is 27.6 Å². The van der Waals surface area contributed by atoms with Crippen LogP contribution in [0.4, 0.5) is 0 Å². The minimum absolute atomic E-state index is 0.275. The summed E-state index contributed by atoms with van der Waals surface area (Å²) in [7, 11) is -1.91. The first-order chi connectivity index (χ1) is 9.82. The molecule has 0 aromatic heterocycles. The normalized spacial score (nSPS) is 24.2. The third kappa shape index (κ3) is 3.62. The van der Waals surface area contributed by atoms with Crippen LogP contribution in [0.3, 0.4) is 0 Å². The van der Waals surface area contributed by atoms with Crippen molar-refractivity contribution in [2.45, 2.75) is 36.1 Å². The molecular formula is C14H19BrClNO3S. The molecule has 1 aliphatic heterocycles. The summed E-state index contributed by atoms with van der Waals surface area (Å²) in [5.41, 5.74) is 0.455. The first-order valence-electron chi connectivity index (χ1n) is 6.72. The maximum absolute atomic E-state index is 12.8. The van der Waals surface area contributed by atoms with Crippen molar-refractivity contribution in [3.8, 4) is 0 Å². The van der Waals surface area contributed by atoms with Crippen molar-refractivity contribution >= 4 is 37.6 Å². The van der Waals surface area contributed by atoms with Gasteiger partial charge in [0.2, 0.25) is 10.0 Å². The summed E-state index contributed by atoms with van der Waals surface area (Å²) in [6, 6.07) is 5.10. The Labute approximate surface area is 139 Å². The Morgan fingerprint density at radius 1 is 1.48 bits per heavy atom. The van der Waals surface area contributed by atoms with Crippen molar-refractivity contribution in [1.82, 2.24) is 4.31 Å². The molecule has 0 amide bonds. The van der Waals surface area contributed by atoms with E-state index in [2.05, 4.69) is 15.9 Å². The molecule has 1 aliphatic rings. The Kier molecular flexibility index (Phi) is 5.36. The van der Waals surface area contributed by atoms with E-state index >= 15 is 0 Å². The molecule has 1 heterocycles. The Morgan fingerprint density at radius 2 is 2.19 bits per heavy atom. The maximum Gasteiger partial charge on any atom is 0.244 e. The summed E-state index contributed by atoms with van der Waals surface area (Å²) in [5.74, 6) is 0.352. The molecule has 1 atom stereocenters. The van der Waals surface area contributed by atoms with Crippen molar-refractivity contribution in [3.63, 3.8) is 0 Å². The first-order valence-corrected chi connectivity index (χ1v) is 9.49. The highest BCUT2D eigenvalue weighted by atomic mass is 79.9. The Bertz CT molecular complexity index is 623. The predicted octanol–water partition coefficient (Wildman–Crippen LogP) is 3.38. The molecule has 0 radical (unpaired) electrons. The highest BCUT2D eigenvalue weighted by Crippen LogP contribution is 2.31. The van der Waals surface area contributed by atoms with Gasteiger partial charge in [-0.1, -0.05) is 6.07 Å². The Hall–Kier alpha value is -0.140. The van der Waals surface area contributed by atoms with Gasteiger partial charge in [0.25, 0.3) is 0 Å². The number of sulfonamides is 1. The van der Waals surface area contributed by atoms with E-state index in [4.69, 9.17) is 16.3 Å². The molecule has 0 spiro atoms. The van der Waals surface area contributed by atoms with Gasteiger partial charge in [-0.25, -0.2) is 8.42 Å². The summed E-state index contributed by atoms with van der Waals surface area (Å²) >= 11 is 9.11. The van der Waals surface area contributed by atoms with Crippen LogP contribution in [-0.2, 0) is 20.6 Å². The van der Waals surface area contributed by atoms with Gasteiger partial charge < -0.3 is 4.74 Å². The second-order valence-corrected chi connectivity index (χ2v) is 8.52. The van der Waals surface area contributed by atoms with Gasteiger partial charge in [-0.2, -0.15) is 4.31 Å². The second-order valence-electron chi connectivity index (χ2n) is 5.49. The third-order valence-corrected chi connectivity index (χ3v) is 7.02. The molecule has 1 aromatic rings. The van der Waals surface area contributed by atoms with E-state index in [9.17, 15) is 8.42 Å². The Balaban J connectivity index is 2.34. The van der Waals surface area contributed by atoms with E-state index in [0.29, 0.717) is 23.4 Å². The molecule has 1 saturated heterocycles. The van der Waals surface area contributed by atoms with Gasteiger partial charge >= 0.3 is 0 Å². The molecule has 4 nitrogen and oxygen atoms in total. The topological polar surface area (TPSA) is 46.6 Å². The van der Waals surface area contributed by atoms with Crippen molar-refractivity contribution in [3.05, 3.63) is 28.2 Å². The molecular weight excluding hydrogens is 378 g/mol. The number of hydrogen-bond acceptors (Lipinski definition) is 3. The molecule has 7 heteroatoms. The summed E-state index contributed by atoms with van der Waals surface area (Å²) < 4.78 is 33.2. The van der Waals surface area contributed by atoms with Gasteiger partial charge in [0.15, 0.2) is 0 Å². The van der Waals surface area contributed by atoms with Crippen LogP contribution in [0.5, 0.6) is 0 Å². The SMILES string of the molecule is COC1(C)CCCN(S(=O)(=O)c2ccc(CCl)cc2Br)C1. The van der Waals surface area contributed by atoms with E-state index in [0.717, 1.165) is 18.4 Å². The van der Waals surface area contributed by atoms with E-state index in [1.807, 2.05) is 6.92 Å². The average Bonchev–Trinajstić information content (AvgIpc) is 2.46. The number of methoxy groups -OCH3 is 1. The molecule has 0 aliphatic carbocycles. The number of ether oxygens (including phenoxy) is 1. The van der Waals surface area contributed by atoms with E-state index in [-0.39, 0.29) is 4.90 Å². The lowest BCUT2D eigenvalue weighted by molar-refractivity contribution is -0.0319. The van der Waals surface area contributed by atoms with Crippen molar-refractivity contribution < 1.29 is 13.2 Å². The first kappa shape index (κ1) is 17.2. The smallest absolute Gasteiger partial charge is 0.244 e. The molecule has 0 bridgehead atoms. The standard InChI is InChI=1S/C14H19BrClNO3S/c1-14(20-2)6-3-7-17(10-14)21(18,19)13-5-4-11(9-16)8-12(13)15/h4-5,8H,3,6-7,9-10H2,1-2H3. The fraction of sp³-hybridized carbons (Fsp3) is 0.571. The highest BCUT2D eigenvalue weighted by molar-refractivity contribution is 9.10. The monoisotopic (exact) mass is 395 g/mol. The van der Waals surface area contributed by atoms with Gasteiger partial charge in [0.05, 0.1) is 10.5 Å². The molecule has 0 saturated carbocycles. The van der Waals surface area contributed by atoms with Crippen molar-refractivity contribution in [2.24, 2.45) is 0 Å². The predicted molar refractivity (Wildman–Crippen MR) is 87.1 cm³/mol. The highest BCUT2D eigenvalue weighted by Gasteiger charge is 2.37. The lowest BCUT2D eigenvalue weighted by atomic mass is 9.96. The average molecular weight is 397 g/mol. The van der Waals surface area contributed by atoms with Gasteiger partial charge in [-0.15, -0.1) is 11.6 Å². The summed E-state index contributed by atoms with van der Waals surface area (Å²) in [4.78, 5) is 0.275. The van der Waals surface area contributed by atoms with Crippen LogP contribution in [0.2, 0.25) is 0 Å². The number of nitrogens with zero attached hydrogens (tertiary/aromatic N) is 1. The van der Waals surface area contributed by atoms with Crippen molar-refractivity contribution in [2.75, 3.05) is 20.2 Å². The van der Waals surface area contributed by atoms with Crippen LogP contribution in [-0.4, -0.2) is 38.5 Å². The van der Waals surface area contributed by atoms with Crippen LogP contribution in [0.25, 0.3) is 0 Å². The fourth-order valence-corrected chi connectivity index (χ4v) is 5.35. The van der Waals surface area contributed by atoms with Gasteiger partial charge in [-0.3, -0.25) is 0 Å². The number of halogens is 2. The summed E-state index contributed by atoms with van der Waals surface area (Å²) in [6.07, 6.45) is 1.66. The van der Waals surface area contributed by atoms with Crippen LogP contribution >= 0.6 is 27.5 Å². The molecule has 118 valence electrons. The van der Waals surface area contributed by atoms with Gasteiger partial charge in [0, 0.05) is 30.6 Å². The van der Waals surface area contributed by atoms with Gasteiger partial charge in [-0.05, 0) is 53.4 Å². The molecule has 1 aromatic carbocycles. The molecule has 0 N–H and O–H groups in total. The molecule has 1 fully saturated rings. The van der Waals surface area contributed by atoms with Crippen LogP contribution < -0.4 is 0 Å². The van der Waals surface area contributed by atoms with E-state index in [1.165, 1.54) is 4.31 Å². The van der Waals surface area contributed by atoms with Crippen LogP contribution in [0, 0.1) is 0 Å². The number of piperidine rings is 1. The van der Waals surface area contributed by atoms with Crippen LogP contribution in [0.1, 0.15) is 25.3 Å². The molecule has 2 rings (SSSR count). The minimum Gasteiger partial charge on any atom is -0.377 e. The fourth-order valence-electron chi connectivity index (χ4n) is 2.51. The van der Waals surface area contributed by atoms with E-state index < -0.39 is 15.6 Å². The largest absolute Gasteiger partial charge is 0.377 e. The zero-order valence-electron chi connectivity index (χ0n) is 12.1. The quantitative estimate of drug-likeness (QED) is 0.733. The number of hydrogen-bond donors (Lipinski definition) is 0. The maximum atomic E-state index is 12.8. The zero-order chi connectivity index (χ0) is 15.7. The number of rotatable bonds is 4. The van der Waals surface area contributed by atoms with Gasteiger partial charge in [0.1, 0.15) is 0 Å². The summed E-state index contributed by atoms with van der Waals surface area (Å²) in [5, 5.41) is 0. The zero-order valence-corrected chi connectivity index (χ0v) is 15.3. The molecule has 1 unspecified atom stereocenters.